The van der Waals surface area contributed by atoms with Crippen LogP contribution in [0.2, 0.25) is 0 Å². The van der Waals surface area contributed by atoms with Crippen molar-refractivity contribution in [3.63, 3.8) is 0 Å². The highest BCUT2D eigenvalue weighted by molar-refractivity contribution is 6.51. The van der Waals surface area contributed by atoms with E-state index in [0.717, 1.165) is 12.0 Å². The molecule has 0 bridgehead atoms. The van der Waals surface area contributed by atoms with E-state index in [4.69, 9.17) is 4.74 Å². The predicted octanol–water partition coefficient (Wildman–Crippen LogP) is 4.84. The maximum Gasteiger partial charge on any atom is 0.300 e. The van der Waals surface area contributed by atoms with E-state index in [1.807, 2.05) is 31.2 Å². The van der Waals surface area contributed by atoms with E-state index in [-0.39, 0.29) is 17.2 Å². The van der Waals surface area contributed by atoms with Crippen LogP contribution in [0.5, 0.6) is 5.75 Å². The molecule has 1 aliphatic rings. The Morgan fingerprint density at radius 3 is 2.40 bits per heavy atom. The number of aliphatic hydroxyl groups is 1. The molecule has 178 valence electrons. The van der Waals surface area contributed by atoms with E-state index in [9.17, 15) is 19.5 Å². The average Bonchev–Trinajstić information content (AvgIpc) is 3.13. The van der Waals surface area contributed by atoms with Gasteiger partial charge in [0.15, 0.2) is 0 Å². The molecule has 1 unspecified atom stereocenters. The van der Waals surface area contributed by atoms with Crippen LogP contribution in [0.25, 0.3) is 5.76 Å². The minimum Gasteiger partial charge on any atom is -0.507 e. The highest BCUT2D eigenvalue weighted by Gasteiger charge is 2.47. The number of hydrogen-bond donors (Lipinski definition) is 2. The minimum absolute atomic E-state index is 0.0163. The number of aryl methyl sites for hydroxylation is 1. The normalized spacial score (nSPS) is 16.9. The number of aliphatic hydroxyl groups excluding tert-OH is 1. The number of benzene rings is 3. The fraction of sp³-hybridized carbons (Fsp3) is 0.179. The Labute approximate surface area is 203 Å². The molecule has 2 N–H and O–H groups in total. The summed E-state index contributed by atoms with van der Waals surface area (Å²) in [6.45, 7) is 3.43. The highest BCUT2D eigenvalue weighted by atomic mass is 16.5. The fourth-order valence-corrected chi connectivity index (χ4v) is 4.21. The number of amides is 2. The van der Waals surface area contributed by atoms with Gasteiger partial charge in [-0.2, -0.15) is 0 Å². The number of nitrogens with one attached hydrogen (secondary N) is 1. The van der Waals surface area contributed by atoms with Crippen molar-refractivity contribution < 1.29 is 24.2 Å². The van der Waals surface area contributed by atoms with E-state index < -0.39 is 17.7 Å². The van der Waals surface area contributed by atoms with Crippen molar-refractivity contribution in [1.29, 1.82) is 0 Å². The number of carbonyl (C=O) groups is 3. The number of ether oxygens (including phenoxy) is 1. The largest absolute Gasteiger partial charge is 0.507 e. The van der Waals surface area contributed by atoms with Gasteiger partial charge in [0.05, 0.1) is 18.7 Å². The van der Waals surface area contributed by atoms with Crippen molar-refractivity contribution in [1.82, 2.24) is 0 Å². The molecule has 1 saturated heterocycles. The van der Waals surface area contributed by atoms with Crippen LogP contribution in [0.4, 0.5) is 11.4 Å². The summed E-state index contributed by atoms with van der Waals surface area (Å²) in [5.74, 6) is -1.59. The standard InChI is InChI=1S/C28H26N2O5/c1-4-18-11-13-19(14-12-18)25-24(26(32)20-7-5-10-23(15-20)35-3)27(33)28(34)30(25)22-9-6-8-21(16-22)29-17(2)31/h5-16,25,32H,4H2,1-3H3,(H,29,31)/b26-24+. The summed E-state index contributed by atoms with van der Waals surface area (Å²) in [7, 11) is 1.51. The quantitative estimate of drug-likeness (QED) is 0.305. The molecule has 4 rings (SSSR count). The smallest absolute Gasteiger partial charge is 0.300 e. The molecule has 3 aromatic carbocycles. The Hall–Kier alpha value is -4.39. The second kappa shape index (κ2) is 9.85. The highest BCUT2D eigenvalue weighted by Crippen LogP contribution is 2.43. The molecule has 0 radical (unpaired) electrons. The Kier molecular flexibility index (Phi) is 6.68. The van der Waals surface area contributed by atoms with Crippen LogP contribution in [0.15, 0.2) is 78.4 Å². The van der Waals surface area contributed by atoms with Gasteiger partial charge in [-0.15, -0.1) is 0 Å². The first-order valence-corrected chi connectivity index (χ1v) is 11.3. The lowest BCUT2D eigenvalue weighted by Crippen LogP contribution is -2.29. The van der Waals surface area contributed by atoms with Crippen molar-refractivity contribution in [2.45, 2.75) is 26.3 Å². The van der Waals surface area contributed by atoms with Gasteiger partial charge in [0, 0.05) is 23.9 Å². The minimum atomic E-state index is -0.861. The summed E-state index contributed by atoms with van der Waals surface area (Å²) in [6.07, 6.45) is 0.836. The molecule has 2 amide bonds. The second-order valence-electron chi connectivity index (χ2n) is 8.23. The van der Waals surface area contributed by atoms with Crippen molar-refractivity contribution >= 4 is 34.7 Å². The maximum absolute atomic E-state index is 13.3. The van der Waals surface area contributed by atoms with Crippen molar-refractivity contribution in [3.05, 3.63) is 95.1 Å². The number of methoxy groups -OCH3 is 1. The van der Waals surface area contributed by atoms with E-state index in [1.165, 1.54) is 18.9 Å². The molecule has 35 heavy (non-hydrogen) atoms. The third-order valence-electron chi connectivity index (χ3n) is 5.94. The van der Waals surface area contributed by atoms with Crippen LogP contribution >= 0.6 is 0 Å². The van der Waals surface area contributed by atoms with Crippen LogP contribution in [0, 0.1) is 0 Å². The van der Waals surface area contributed by atoms with Gasteiger partial charge in [-0.25, -0.2) is 0 Å². The third-order valence-corrected chi connectivity index (χ3v) is 5.94. The molecule has 7 heteroatoms. The van der Waals surface area contributed by atoms with Gasteiger partial charge < -0.3 is 15.2 Å². The lowest BCUT2D eigenvalue weighted by Gasteiger charge is -2.26. The van der Waals surface area contributed by atoms with E-state index >= 15 is 0 Å². The zero-order chi connectivity index (χ0) is 25.1. The van der Waals surface area contributed by atoms with Crippen molar-refractivity contribution in [2.24, 2.45) is 0 Å². The molecule has 3 aromatic rings. The summed E-state index contributed by atoms with van der Waals surface area (Å²) in [6, 6.07) is 20.1. The van der Waals surface area contributed by atoms with E-state index in [1.54, 1.807) is 48.5 Å². The Morgan fingerprint density at radius 1 is 1.03 bits per heavy atom. The molecule has 0 aromatic heterocycles. The maximum atomic E-state index is 13.3. The zero-order valence-corrected chi connectivity index (χ0v) is 19.7. The Morgan fingerprint density at radius 2 is 1.74 bits per heavy atom. The van der Waals surface area contributed by atoms with Crippen molar-refractivity contribution in [2.75, 3.05) is 17.3 Å². The molecule has 1 heterocycles. The van der Waals surface area contributed by atoms with Gasteiger partial charge in [-0.3, -0.25) is 19.3 Å². The molecule has 7 nitrogen and oxygen atoms in total. The van der Waals surface area contributed by atoms with Gasteiger partial charge in [-0.1, -0.05) is 49.4 Å². The molecular weight excluding hydrogens is 444 g/mol. The predicted molar refractivity (Wildman–Crippen MR) is 134 cm³/mol. The topological polar surface area (TPSA) is 95.9 Å². The molecule has 0 spiro atoms. The SMILES string of the molecule is CCc1ccc(C2/C(=C(\O)c3cccc(OC)c3)C(=O)C(=O)N2c2cccc(NC(C)=O)c2)cc1. The van der Waals surface area contributed by atoms with Crippen LogP contribution in [0.3, 0.4) is 0 Å². The van der Waals surface area contributed by atoms with Crippen LogP contribution in [-0.2, 0) is 20.8 Å². The van der Waals surface area contributed by atoms with Gasteiger partial charge in [-0.05, 0) is 47.9 Å². The number of nitrogens with zero attached hydrogens (tertiary/aromatic N) is 1. The molecule has 1 aliphatic heterocycles. The Balaban J connectivity index is 1.91. The number of hydrogen-bond acceptors (Lipinski definition) is 5. The number of Topliss-reactive ketones (excluding diaryl/α,β-unsaturated/α-hetero) is 1. The first-order chi connectivity index (χ1) is 16.8. The monoisotopic (exact) mass is 470 g/mol. The van der Waals surface area contributed by atoms with Crippen LogP contribution in [0.1, 0.15) is 36.6 Å². The average molecular weight is 471 g/mol. The van der Waals surface area contributed by atoms with Crippen LogP contribution < -0.4 is 15.0 Å². The first-order valence-electron chi connectivity index (χ1n) is 11.3. The number of ketones is 1. The lowest BCUT2D eigenvalue weighted by molar-refractivity contribution is -0.132. The zero-order valence-electron chi connectivity index (χ0n) is 19.7. The summed E-state index contributed by atoms with van der Waals surface area (Å²) in [5, 5.41) is 14.0. The summed E-state index contributed by atoms with van der Waals surface area (Å²) in [5.41, 5.74) is 3.04. The number of rotatable bonds is 6. The van der Waals surface area contributed by atoms with Gasteiger partial charge in [0.25, 0.3) is 11.7 Å². The van der Waals surface area contributed by atoms with Gasteiger partial charge in [0.2, 0.25) is 5.91 Å². The Bertz CT molecular complexity index is 1330. The van der Waals surface area contributed by atoms with Crippen LogP contribution in [-0.4, -0.2) is 29.8 Å². The molecule has 1 atom stereocenters. The summed E-state index contributed by atoms with van der Waals surface area (Å²) in [4.78, 5) is 39.6. The van der Waals surface area contributed by atoms with E-state index in [0.29, 0.717) is 28.3 Å². The third kappa shape index (κ3) is 4.66. The summed E-state index contributed by atoms with van der Waals surface area (Å²) < 4.78 is 5.26. The number of carbonyl (C=O) groups excluding carboxylic acids is 3. The second-order valence-corrected chi connectivity index (χ2v) is 8.23. The van der Waals surface area contributed by atoms with Gasteiger partial charge >= 0.3 is 0 Å². The first kappa shape index (κ1) is 23.8. The molecule has 0 saturated carbocycles. The van der Waals surface area contributed by atoms with Gasteiger partial charge in [0.1, 0.15) is 11.5 Å². The lowest BCUT2D eigenvalue weighted by atomic mass is 9.94. The molecular formula is C28H26N2O5. The summed E-state index contributed by atoms with van der Waals surface area (Å²) >= 11 is 0. The number of anilines is 2. The van der Waals surface area contributed by atoms with E-state index in [2.05, 4.69) is 5.32 Å². The van der Waals surface area contributed by atoms with Crippen molar-refractivity contribution in [3.8, 4) is 5.75 Å². The molecule has 1 fully saturated rings. The molecule has 0 aliphatic carbocycles. The fourth-order valence-electron chi connectivity index (χ4n) is 4.21.